The number of likely N-dealkylation sites (N-methyl/N-ethyl adjacent to an activating group) is 1. The molecule has 132 valence electrons. The Kier molecular flexibility index (Phi) is 9.78. The molecule has 0 aliphatic carbocycles. The minimum absolute atomic E-state index is 0.328. The van der Waals surface area contributed by atoms with Gasteiger partial charge in [-0.05, 0) is 45.2 Å². The molecule has 7 heteroatoms. The van der Waals surface area contributed by atoms with Crippen molar-refractivity contribution in [1.82, 2.24) is 10.2 Å². The number of hydrogen-bond donors (Lipinski definition) is 1. The summed E-state index contributed by atoms with van der Waals surface area (Å²) in [4.78, 5) is 12.1. The van der Waals surface area contributed by atoms with Crippen LogP contribution in [0.4, 0.5) is 0 Å². The highest BCUT2D eigenvalue weighted by Crippen LogP contribution is 2.21. The van der Waals surface area contributed by atoms with Gasteiger partial charge in [-0.25, -0.2) is 0 Å². The van der Waals surface area contributed by atoms with Crippen LogP contribution in [0.25, 0.3) is 0 Å². The highest BCUT2D eigenvalue weighted by molar-refractivity contribution is 7.99. The minimum atomic E-state index is -0.401. The number of nitrogens with zero attached hydrogens (tertiary/aromatic N) is 2. The summed E-state index contributed by atoms with van der Waals surface area (Å²) in [5.74, 6) is 3.26. The van der Waals surface area contributed by atoms with Crippen LogP contribution in [-0.4, -0.2) is 55.1 Å². The molecule has 0 saturated heterocycles. The van der Waals surface area contributed by atoms with Crippen molar-refractivity contribution in [3.63, 3.8) is 0 Å². The van der Waals surface area contributed by atoms with E-state index in [9.17, 15) is 10.1 Å². The molecule has 0 fully saturated rings. The number of allylic oxidation sites excluding steroid dienone is 1. The highest BCUT2D eigenvalue weighted by atomic mass is 32.2. The molecular formula is C16H29N3O3S. The van der Waals surface area contributed by atoms with Crippen molar-refractivity contribution in [2.45, 2.75) is 38.2 Å². The zero-order valence-electron chi connectivity index (χ0n) is 14.4. The average molecular weight is 343 g/mol. The molecule has 0 spiro atoms. The van der Waals surface area contributed by atoms with Crippen LogP contribution in [0.2, 0.25) is 0 Å². The maximum atomic E-state index is 10.4. The monoisotopic (exact) mass is 343 g/mol. The molecule has 1 heterocycles. The third-order valence-electron chi connectivity index (χ3n) is 3.52. The Balaban J connectivity index is 1.99. The zero-order valence-corrected chi connectivity index (χ0v) is 15.2. The van der Waals surface area contributed by atoms with E-state index < -0.39 is 4.92 Å². The lowest BCUT2D eigenvalue weighted by Crippen LogP contribution is -2.18. The first-order chi connectivity index (χ1) is 11.0. The summed E-state index contributed by atoms with van der Waals surface area (Å²) < 4.78 is 5.90. The fourth-order valence-corrected chi connectivity index (χ4v) is 3.42. The van der Waals surface area contributed by atoms with E-state index in [2.05, 4.69) is 16.3 Å². The summed E-state index contributed by atoms with van der Waals surface area (Å²) in [7, 11) is 5.82. The summed E-state index contributed by atoms with van der Waals surface area (Å²) in [5, 5.41) is 13.3. The van der Waals surface area contributed by atoms with Crippen LogP contribution in [0.3, 0.4) is 0 Å². The number of ether oxygens (including phenoxy) is 1. The molecule has 0 radical (unpaired) electrons. The number of hydrogen-bond acceptors (Lipinski definition) is 6. The molecule has 0 aromatic rings. The van der Waals surface area contributed by atoms with Crippen LogP contribution >= 0.6 is 11.8 Å². The number of nitrogens with one attached hydrogen (secondary N) is 1. The second kappa shape index (κ2) is 11.3. The Labute approximate surface area is 143 Å². The average Bonchev–Trinajstić information content (AvgIpc) is 2.91. The van der Waals surface area contributed by atoms with Gasteiger partial charge in [-0.15, -0.1) is 0 Å². The normalized spacial score (nSPS) is 18.0. The standard InChI is InChI=1S/C16H29N3O3S/c1-17-14(11-19(20)21)7-5-4-6-10-23-13-16-9-8-15(22-16)12-18(2)3/h8,11,16-17H,4-7,9-10,12-13H2,1-3H3/b14-11-. The second-order valence-corrected chi connectivity index (χ2v) is 7.11. The summed E-state index contributed by atoms with van der Waals surface area (Å²) in [6.45, 7) is 0.882. The number of thioether (sulfide) groups is 1. The number of unbranched alkanes of at least 4 members (excludes halogenated alkanes) is 2. The molecule has 1 aliphatic heterocycles. The van der Waals surface area contributed by atoms with Gasteiger partial charge >= 0.3 is 0 Å². The Bertz CT molecular complexity index is 425. The first-order valence-corrected chi connectivity index (χ1v) is 9.27. The van der Waals surface area contributed by atoms with Gasteiger partial charge in [0.05, 0.1) is 17.2 Å². The molecule has 23 heavy (non-hydrogen) atoms. The van der Waals surface area contributed by atoms with Gasteiger partial charge < -0.3 is 15.0 Å². The summed E-state index contributed by atoms with van der Waals surface area (Å²) >= 11 is 1.94. The van der Waals surface area contributed by atoms with Crippen LogP contribution in [0.5, 0.6) is 0 Å². The van der Waals surface area contributed by atoms with E-state index in [4.69, 9.17) is 4.74 Å². The van der Waals surface area contributed by atoms with Gasteiger partial charge in [0.15, 0.2) is 0 Å². The van der Waals surface area contributed by atoms with Gasteiger partial charge in [-0.1, -0.05) is 6.42 Å². The van der Waals surface area contributed by atoms with Crippen molar-refractivity contribution in [3.05, 3.63) is 33.8 Å². The van der Waals surface area contributed by atoms with Crippen LogP contribution in [-0.2, 0) is 4.74 Å². The van der Waals surface area contributed by atoms with Crippen LogP contribution in [0, 0.1) is 10.1 Å². The molecule has 1 rings (SSSR count). The maximum absolute atomic E-state index is 10.4. The van der Waals surface area contributed by atoms with Crippen molar-refractivity contribution in [2.75, 3.05) is 39.2 Å². The van der Waals surface area contributed by atoms with Crippen molar-refractivity contribution in [2.24, 2.45) is 0 Å². The van der Waals surface area contributed by atoms with Gasteiger partial charge in [-0.3, -0.25) is 10.1 Å². The van der Waals surface area contributed by atoms with Crippen LogP contribution < -0.4 is 5.32 Å². The van der Waals surface area contributed by atoms with Gasteiger partial charge in [0.2, 0.25) is 0 Å². The fraction of sp³-hybridized carbons (Fsp3) is 0.750. The lowest BCUT2D eigenvalue weighted by atomic mass is 10.2. The van der Waals surface area contributed by atoms with Gasteiger partial charge in [0.25, 0.3) is 6.20 Å². The number of nitro groups is 1. The topological polar surface area (TPSA) is 67.6 Å². The Morgan fingerprint density at radius 1 is 1.52 bits per heavy atom. The summed E-state index contributed by atoms with van der Waals surface area (Å²) in [6.07, 6.45) is 8.57. The molecule has 6 nitrogen and oxygen atoms in total. The van der Waals surface area contributed by atoms with Crippen molar-refractivity contribution in [3.8, 4) is 0 Å². The second-order valence-electron chi connectivity index (χ2n) is 5.96. The SMILES string of the molecule is CN/C(=C\[N+](=O)[O-])CCCCCSCC1CC=C(CN(C)C)O1. The van der Waals surface area contributed by atoms with Gasteiger partial charge in [0.1, 0.15) is 11.9 Å². The lowest BCUT2D eigenvalue weighted by molar-refractivity contribution is -0.403. The van der Waals surface area contributed by atoms with E-state index in [-0.39, 0.29) is 0 Å². The highest BCUT2D eigenvalue weighted by Gasteiger charge is 2.18. The molecule has 1 N–H and O–H groups in total. The molecule has 0 bridgehead atoms. The van der Waals surface area contributed by atoms with E-state index in [1.165, 1.54) is 0 Å². The molecule has 0 aromatic heterocycles. The molecule has 1 aliphatic rings. The van der Waals surface area contributed by atoms with E-state index >= 15 is 0 Å². The van der Waals surface area contributed by atoms with Gasteiger partial charge in [0, 0.05) is 19.2 Å². The molecule has 1 unspecified atom stereocenters. The van der Waals surface area contributed by atoms with Crippen molar-refractivity contribution >= 4 is 11.8 Å². The predicted octanol–water partition coefficient (Wildman–Crippen LogP) is 2.85. The molecule has 0 aromatic carbocycles. The lowest BCUT2D eigenvalue weighted by Gasteiger charge is -2.15. The van der Waals surface area contributed by atoms with Crippen LogP contribution in [0.15, 0.2) is 23.7 Å². The minimum Gasteiger partial charge on any atom is -0.493 e. The smallest absolute Gasteiger partial charge is 0.253 e. The van der Waals surface area contributed by atoms with Crippen molar-refractivity contribution in [1.29, 1.82) is 0 Å². The Morgan fingerprint density at radius 3 is 2.96 bits per heavy atom. The molecule has 0 saturated carbocycles. The largest absolute Gasteiger partial charge is 0.493 e. The van der Waals surface area contributed by atoms with Gasteiger partial charge in [-0.2, -0.15) is 11.8 Å². The Morgan fingerprint density at radius 2 is 2.30 bits per heavy atom. The summed E-state index contributed by atoms with van der Waals surface area (Å²) in [5.41, 5.74) is 0.696. The van der Waals surface area contributed by atoms with Crippen LogP contribution in [0.1, 0.15) is 32.1 Å². The number of rotatable bonds is 12. The fourth-order valence-electron chi connectivity index (χ4n) is 2.38. The first kappa shape index (κ1) is 19.8. The van der Waals surface area contributed by atoms with E-state index in [0.29, 0.717) is 11.8 Å². The maximum Gasteiger partial charge on any atom is 0.253 e. The molecular weight excluding hydrogens is 314 g/mol. The third-order valence-corrected chi connectivity index (χ3v) is 4.70. The third kappa shape index (κ3) is 9.50. The Hall–Kier alpha value is -1.21. The molecule has 1 atom stereocenters. The van der Waals surface area contributed by atoms with E-state index in [0.717, 1.165) is 62.1 Å². The summed E-state index contributed by atoms with van der Waals surface area (Å²) in [6, 6.07) is 0. The van der Waals surface area contributed by atoms with Crippen molar-refractivity contribution < 1.29 is 9.66 Å². The van der Waals surface area contributed by atoms with E-state index in [1.54, 1.807) is 7.05 Å². The van der Waals surface area contributed by atoms with E-state index in [1.807, 2.05) is 25.9 Å². The quantitative estimate of drug-likeness (QED) is 0.334. The molecule has 0 amide bonds. The first-order valence-electron chi connectivity index (χ1n) is 8.11. The predicted molar refractivity (Wildman–Crippen MR) is 96.1 cm³/mol. The zero-order chi connectivity index (χ0) is 17.1.